The lowest BCUT2D eigenvalue weighted by Crippen LogP contribution is -2.36. The van der Waals surface area contributed by atoms with Crippen molar-refractivity contribution in [1.29, 1.82) is 0 Å². The lowest BCUT2D eigenvalue weighted by Gasteiger charge is -2.30. The van der Waals surface area contributed by atoms with E-state index >= 15 is 0 Å². The van der Waals surface area contributed by atoms with Gasteiger partial charge in [0.2, 0.25) is 0 Å². The minimum atomic E-state index is 0.489. The third-order valence-electron chi connectivity index (χ3n) is 4.85. The van der Waals surface area contributed by atoms with Crippen molar-refractivity contribution in [2.75, 3.05) is 24.3 Å². The normalized spacial score (nSPS) is 20.0. The molecule has 0 amide bonds. The van der Waals surface area contributed by atoms with Gasteiger partial charge in [-0.1, -0.05) is 28.1 Å². The zero-order valence-electron chi connectivity index (χ0n) is 15.8. The van der Waals surface area contributed by atoms with Crippen LogP contribution in [0.4, 0.5) is 11.6 Å². The molecule has 1 aromatic heterocycles. The van der Waals surface area contributed by atoms with Gasteiger partial charge in [-0.25, -0.2) is 9.97 Å². The van der Waals surface area contributed by atoms with Crippen LogP contribution in [0, 0.1) is 6.92 Å². The van der Waals surface area contributed by atoms with E-state index in [1.54, 1.807) is 0 Å². The lowest BCUT2D eigenvalue weighted by molar-refractivity contribution is 0.352. The molecule has 0 bridgehead atoms. The average Bonchev–Trinajstić information content (AvgIpc) is 2.61. The summed E-state index contributed by atoms with van der Waals surface area (Å²) in [7, 11) is 4.02. The Morgan fingerprint density at radius 3 is 2.50 bits per heavy atom. The van der Waals surface area contributed by atoms with Crippen LogP contribution in [-0.2, 0) is 6.54 Å². The second kappa shape index (κ2) is 8.82. The van der Waals surface area contributed by atoms with E-state index in [9.17, 15) is 0 Å². The fourth-order valence-electron chi connectivity index (χ4n) is 3.42. The summed E-state index contributed by atoms with van der Waals surface area (Å²) >= 11 is 3.54. The zero-order chi connectivity index (χ0) is 18.5. The van der Waals surface area contributed by atoms with Crippen molar-refractivity contribution in [1.82, 2.24) is 15.3 Å². The van der Waals surface area contributed by atoms with Crippen molar-refractivity contribution < 1.29 is 0 Å². The molecule has 2 N–H and O–H groups in total. The lowest BCUT2D eigenvalue weighted by atomic mass is 9.91. The van der Waals surface area contributed by atoms with E-state index in [-0.39, 0.29) is 0 Å². The van der Waals surface area contributed by atoms with Gasteiger partial charge in [0.25, 0.3) is 0 Å². The standard InChI is InChI=1S/C20H28BrN5/c1-14-23-19(12-20(24-14)26(2)3)25-18-9-7-17(8-10-18)22-13-15-5-4-6-16(21)11-15/h4-6,11-12,17-18,22H,7-10,13H2,1-3H3,(H,23,24,25). The zero-order valence-corrected chi connectivity index (χ0v) is 17.4. The Labute approximate surface area is 164 Å². The molecule has 0 aliphatic heterocycles. The van der Waals surface area contributed by atoms with Gasteiger partial charge in [0.1, 0.15) is 17.5 Å². The summed E-state index contributed by atoms with van der Waals surface area (Å²) in [6.07, 6.45) is 4.71. The quantitative estimate of drug-likeness (QED) is 0.739. The van der Waals surface area contributed by atoms with E-state index in [0.717, 1.165) is 41.3 Å². The molecule has 2 aromatic rings. The molecule has 140 valence electrons. The topological polar surface area (TPSA) is 53.1 Å². The molecular weight excluding hydrogens is 390 g/mol. The molecule has 3 rings (SSSR count). The van der Waals surface area contributed by atoms with E-state index in [1.807, 2.05) is 32.0 Å². The highest BCUT2D eigenvalue weighted by atomic mass is 79.9. The maximum Gasteiger partial charge on any atom is 0.133 e. The van der Waals surface area contributed by atoms with Gasteiger partial charge in [-0.15, -0.1) is 0 Å². The average molecular weight is 418 g/mol. The maximum atomic E-state index is 4.54. The van der Waals surface area contributed by atoms with Gasteiger partial charge < -0.3 is 15.5 Å². The van der Waals surface area contributed by atoms with Gasteiger partial charge in [0, 0.05) is 43.3 Å². The number of hydrogen-bond donors (Lipinski definition) is 2. The number of benzene rings is 1. The summed E-state index contributed by atoms with van der Waals surface area (Å²) < 4.78 is 1.14. The van der Waals surface area contributed by atoms with Crippen molar-refractivity contribution in [3.8, 4) is 0 Å². The van der Waals surface area contributed by atoms with E-state index in [2.05, 4.69) is 60.8 Å². The first kappa shape index (κ1) is 19.1. The van der Waals surface area contributed by atoms with Crippen molar-refractivity contribution in [3.05, 3.63) is 46.2 Å². The molecule has 0 atom stereocenters. The molecule has 1 aliphatic rings. The molecule has 1 fully saturated rings. The van der Waals surface area contributed by atoms with Crippen molar-refractivity contribution in [2.45, 2.75) is 51.2 Å². The molecule has 1 aromatic carbocycles. The molecule has 1 aliphatic carbocycles. The maximum absolute atomic E-state index is 4.54. The molecule has 26 heavy (non-hydrogen) atoms. The molecular formula is C20H28BrN5. The number of nitrogens with one attached hydrogen (secondary N) is 2. The van der Waals surface area contributed by atoms with Crippen LogP contribution in [0.25, 0.3) is 0 Å². The number of aromatic nitrogens is 2. The van der Waals surface area contributed by atoms with Crippen LogP contribution in [-0.4, -0.2) is 36.1 Å². The van der Waals surface area contributed by atoms with E-state index in [0.29, 0.717) is 12.1 Å². The van der Waals surface area contributed by atoms with Crippen LogP contribution in [0.5, 0.6) is 0 Å². The van der Waals surface area contributed by atoms with Crippen LogP contribution in [0.2, 0.25) is 0 Å². The molecule has 6 heteroatoms. The molecule has 1 saturated carbocycles. The molecule has 0 saturated heterocycles. The predicted octanol–water partition coefficient (Wildman–Crippen LogP) is 4.13. The fraction of sp³-hybridized carbons (Fsp3) is 0.500. The van der Waals surface area contributed by atoms with Gasteiger partial charge >= 0.3 is 0 Å². The Hall–Kier alpha value is -1.66. The number of nitrogens with zero attached hydrogens (tertiary/aromatic N) is 3. The monoisotopic (exact) mass is 417 g/mol. The summed E-state index contributed by atoms with van der Waals surface area (Å²) in [5.41, 5.74) is 1.33. The van der Waals surface area contributed by atoms with Crippen molar-refractivity contribution in [3.63, 3.8) is 0 Å². The first-order chi connectivity index (χ1) is 12.5. The minimum absolute atomic E-state index is 0.489. The molecule has 5 nitrogen and oxygen atoms in total. The van der Waals surface area contributed by atoms with E-state index in [4.69, 9.17) is 0 Å². The van der Waals surface area contributed by atoms with Gasteiger partial charge in [0.15, 0.2) is 0 Å². The second-order valence-corrected chi connectivity index (χ2v) is 8.17. The SMILES string of the molecule is Cc1nc(NC2CCC(NCc3cccc(Br)c3)CC2)cc(N(C)C)n1. The molecule has 0 radical (unpaired) electrons. The Bertz CT molecular complexity index is 726. The second-order valence-electron chi connectivity index (χ2n) is 7.26. The van der Waals surface area contributed by atoms with Gasteiger partial charge in [0.05, 0.1) is 0 Å². The minimum Gasteiger partial charge on any atom is -0.367 e. The van der Waals surface area contributed by atoms with Crippen LogP contribution in [0.15, 0.2) is 34.8 Å². The molecule has 0 spiro atoms. The first-order valence-electron chi connectivity index (χ1n) is 9.27. The largest absolute Gasteiger partial charge is 0.367 e. The summed E-state index contributed by atoms with van der Waals surface area (Å²) in [4.78, 5) is 11.0. The number of anilines is 2. The van der Waals surface area contributed by atoms with Crippen molar-refractivity contribution in [2.24, 2.45) is 0 Å². The van der Waals surface area contributed by atoms with Crippen LogP contribution in [0.1, 0.15) is 37.1 Å². The first-order valence-corrected chi connectivity index (χ1v) is 10.1. The Kier molecular flexibility index (Phi) is 6.48. The summed E-state index contributed by atoms with van der Waals surface area (Å²) in [6.45, 7) is 2.88. The summed E-state index contributed by atoms with van der Waals surface area (Å²) in [5, 5.41) is 7.31. The Balaban J connectivity index is 1.48. The highest BCUT2D eigenvalue weighted by Gasteiger charge is 2.21. The smallest absolute Gasteiger partial charge is 0.133 e. The highest BCUT2D eigenvalue weighted by molar-refractivity contribution is 9.10. The number of hydrogen-bond acceptors (Lipinski definition) is 5. The van der Waals surface area contributed by atoms with Crippen molar-refractivity contribution >= 4 is 27.6 Å². The Morgan fingerprint density at radius 2 is 1.81 bits per heavy atom. The van der Waals surface area contributed by atoms with E-state index in [1.165, 1.54) is 18.4 Å². The number of halogens is 1. The molecule has 1 heterocycles. The number of rotatable bonds is 6. The van der Waals surface area contributed by atoms with Gasteiger partial charge in [-0.05, 0) is 50.3 Å². The third-order valence-corrected chi connectivity index (χ3v) is 5.34. The Morgan fingerprint density at radius 1 is 1.08 bits per heavy atom. The highest BCUT2D eigenvalue weighted by Crippen LogP contribution is 2.23. The van der Waals surface area contributed by atoms with Crippen LogP contribution in [0.3, 0.4) is 0 Å². The van der Waals surface area contributed by atoms with Gasteiger partial charge in [-0.2, -0.15) is 0 Å². The van der Waals surface area contributed by atoms with Crippen LogP contribution >= 0.6 is 15.9 Å². The summed E-state index contributed by atoms with van der Waals surface area (Å²) in [5.74, 6) is 2.69. The van der Waals surface area contributed by atoms with E-state index < -0.39 is 0 Å². The van der Waals surface area contributed by atoms with Crippen LogP contribution < -0.4 is 15.5 Å². The predicted molar refractivity (Wildman–Crippen MR) is 112 cm³/mol. The number of aryl methyl sites for hydroxylation is 1. The molecule has 0 unspecified atom stereocenters. The van der Waals surface area contributed by atoms with Gasteiger partial charge in [-0.3, -0.25) is 0 Å². The fourth-order valence-corrected chi connectivity index (χ4v) is 3.86. The summed E-state index contributed by atoms with van der Waals surface area (Å²) in [6, 6.07) is 11.6. The third kappa shape index (κ3) is 5.42.